The molecule has 0 unspecified atom stereocenters. The van der Waals surface area contributed by atoms with Gasteiger partial charge in [-0.1, -0.05) is 72.8 Å². The Morgan fingerprint density at radius 2 is 1.50 bits per heavy atom. The molecule has 0 radical (unpaired) electrons. The van der Waals surface area contributed by atoms with Crippen molar-refractivity contribution in [3.63, 3.8) is 0 Å². The van der Waals surface area contributed by atoms with Crippen LogP contribution in [0.5, 0.6) is 0 Å². The van der Waals surface area contributed by atoms with Crippen molar-refractivity contribution >= 4 is 18.0 Å². The molecule has 2 N–H and O–H groups in total. The summed E-state index contributed by atoms with van der Waals surface area (Å²) in [6.07, 6.45) is 4.68. The molecule has 3 rings (SSSR count). The standard InChI is InChI=1S/C24H30N4O2/c29-23(26-24(30)25-20-22-10-5-2-6-11-22)13-15-28-18-16-27(17-19-28)14-7-12-21-8-3-1-4-9-21/h1-12H,13-20H2,(H2,25,26,29,30)/b12-7+. The van der Waals surface area contributed by atoms with E-state index in [1.165, 1.54) is 5.56 Å². The highest BCUT2D eigenvalue weighted by molar-refractivity contribution is 5.94. The lowest BCUT2D eigenvalue weighted by atomic mass is 10.2. The lowest BCUT2D eigenvalue weighted by Crippen LogP contribution is -2.47. The van der Waals surface area contributed by atoms with Crippen molar-refractivity contribution < 1.29 is 9.59 Å². The maximum absolute atomic E-state index is 12.0. The van der Waals surface area contributed by atoms with Crippen molar-refractivity contribution in [2.75, 3.05) is 39.3 Å². The topological polar surface area (TPSA) is 64.7 Å². The number of hydrogen-bond acceptors (Lipinski definition) is 4. The van der Waals surface area contributed by atoms with Crippen LogP contribution in [0.15, 0.2) is 66.7 Å². The van der Waals surface area contributed by atoms with Gasteiger partial charge in [-0.25, -0.2) is 4.79 Å². The second kappa shape index (κ2) is 11.9. The first kappa shape index (κ1) is 21.7. The van der Waals surface area contributed by atoms with Crippen molar-refractivity contribution in [2.45, 2.75) is 13.0 Å². The maximum atomic E-state index is 12.0. The molecule has 0 spiro atoms. The van der Waals surface area contributed by atoms with Crippen molar-refractivity contribution in [1.29, 1.82) is 0 Å². The summed E-state index contributed by atoms with van der Waals surface area (Å²) in [4.78, 5) is 28.6. The van der Waals surface area contributed by atoms with Gasteiger partial charge in [0.05, 0.1) is 0 Å². The molecule has 30 heavy (non-hydrogen) atoms. The first-order chi connectivity index (χ1) is 14.7. The molecule has 1 heterocycles. The lowest BCUT2D eigenvalue weighted by Gasteiger charge is -2.33. The molecule has 6 heteroatoms. The van der Waals surface area contributed by atoms with E-state index in [0.29, 0.717) is 19.5 Å². The van der Waals surface area contributed by atoms with Crippen molar-refractivity contribution in [2.24, 2.45) is 0 Å². The lowest BCUT2D eigenvalue weighted by molar-refractivity contribution is -0.120. The molecule has 0 aromatic heterocycles. The minimum Gasteiger partial charge on any atom is -0.334 e. The van der Waals surface area contributed by atoms with E-state index in [-0.39, 0.29) is 5.91 Å². The molecule has 1 fully saturated rings. The predicted molar refractivity (Wildman–Crippen MR) is 120 cm³/mol. The summed E-state index contributed by atoms with van der Waals surface area (Å²) < 4.78 is 0. The quantitative estimate of drug-likeness (QED) is 0.708. The van der Waals surface area contributed by atoms with Gasteiger partial charge in [0, 0.05) is 52.2 Å². The van der Waals surface area contributed by atoms with Crippen LogP contribution in [0.3, 0.4) is 0 Å². The molecule has 1 saturated heterocycles. The second-order valence-electron chi connectivity index (χ2n) is 7.42. The van der Waals surface area contributed by atoms with Gasteiger partial charge in [0.1, 0.15) is 0 Å². The molecule has 0 bridgehead atoms. The summed E-state index contributed by atoms with van der Waals surface area (Å²) in [6, 6.07) is 19.5. The summed E-state index contributed by atoms with van der Waals surface area (Å²) in [6.45, 7) is 5.85. The van der Waals surface area contributed by atoms with Crippen LogP contribution in [0.1, 0.15) is 17.5 Å². The van der Waals surface area contributed by atoms with Gasteiger partial charge in [-0.15, -0.1) is 0 Å². The van der Waals surface area contributed by atoms with Gasteiger partial charge in [-0.2, -0.15) is 0 Å². The Balaban J connectivity index is 1.27. The van der Waals surface area contributed by atoms with Crippen LogP contribution in [-0.2, 0) is 11.3 Å². The number of nitrogens with one attached hydrogen (secondary N) is 2. The Bertz CT molecular complexity index is 816. The largest absolute Gasteiger partial charge is 0.334 e. The first-order valence-corrected chi connectivity index (χ1v) is 10.5. The average Bonchev–Trinajstić information content (AvgIpc) is 2.79. The Labute approximate surface area is 178 Å². The smallest absolute Gasteiger partial charge is 0.321 e. The number of carbonyl (C=O) groups excluding carboxylic acids is 2. The van der Waals surface area contributed by atoms with Gasteiger partial charge in [0.15, 0.2) is 0 Å². The number of nitrogens with zero attached hydrogens (tertiary/aromatic N) is 2. The van der Waals surface area contributed by atoms with E-state index in [9.17, 15) is 9.59 Å². The van der Waals surface area contributed by atoms with Crippen LogP contribution in [0.4, 0.5) is 4.79 Å². The Hall–Kier alpha value is -2.96. The molecule has 2 aromatic carbocycles. The van der Waals surface area contributed by atoms with E-state index in [1.54, 1.807) is 0 Å². The van der Waals surface area contributed by atoms with Crippen molar-refractivity contribution in [3.8, 4) is 0 Å². The zero-order valence-electron chi connectivity index (χ0n) is 17.3. The van der Waals surface area contributed by atoms with Gasteiger partial charge in [0.25, 0.3) is 0 Å². The molecule has 6 nitrogen and oxygen atoms in total. The fourth-order valence-electron chi connectivity index (χ4n) is 3.37. The van der Waals surface area contributed by atoms with Gasteiger partial charge < -0.3 is 10.2 Å². The van der Waals surface area contributed by atoms with Gasteiger partial charge in [0.2, 0.25) is 5.91 Å². The van der Waals surface area contributed by atoms with E-state index in [4.69, 9.17) is 0 Å². The fraction of sp³-hybridized carbons (Fsp3) is 0.333. The molecule has 158 valence electrons. The monoisotopic (exact) mass is 406 g/mol. The summed E-state index contributed by atoms with van der Waals surface area (Å²) in [7, 11) is 0. The molecule has 0 atom stereocenters. The number of rotatable bonds is 8. The number of hydrogen-bond donors (Lipinski definition) is 2. The predicted octanol–water partition coefficient (Wildman–Crippen LogP) is 2.73. The molecular weight excluding hydrogens is 376 g/mol. The van der Waals surface area contributed by atoms with Gasteiger partial charge in [-0.05, 0) is 11.1 Å². The number of imide groups is 1. The number of amides is 3. The molecular formula is C24H30N4O2. The van der Waals surface area contributed by atoms with Crippen LogP contribution >= 0.6 is 0 Å². The molecule has 1 aliphatic heterocycles. The van der Waals surface area contributed by atoms with Crippen LogP contribution in [0.2, 0.25) is 0 Å². The summed E-state index contributed by atoms with van der Waals surface area (Å²) in [5.74, 6) is -0.242. The first-order valence-electron chi connectivity index (χ1n) is 10.5. The third-order valence-corrected chi connectivity index (χ3v) is 5.14. The second-order valence-corrected chi connectivity index (χ2v) is 7.42. The van der Waals surface area contributed by atoms with Crippen LogP contribution in [0.25, 0.3) is 6.08 Å². The molecule has 1 aliphatic rings. The van der Waals surface area contributed by atoms with E-state index in [1.807, 2.05) is 48.5 Å². The third kappa shape index (κ3) is 7.81. The Morgan fingerprint density at radius 3 is 2.20 bits per heavy atom. The van der Waals surface area contributed by atoms with Crippen LogP contribution in [-0.4, -0.2) is 61.0 Å². The zero-order chi connectivity index (χ0) is 21.0. The van der Waals surface area contributed by atoms with Gasteiger partial charge in [-0.3, -0.25) is 15.0 Å². The fourth-order valence-corrected chi connectivity index (χ4v) is 3.37. The van der Waals surface area contributed by atoms with E-state index in [2.05, 4.69) is 44.7 Å². The summed E-state index contributed by atoms with van der Waals surface area (Å²) in [5.41, 5.74) is 2.21. The molecule has 0 aliphatic carbocycles. The van der Waals surface area contributed by atoms with Crippen molar-refractivity contribution in [3.05, 3.63) is 77.9 Å². The average molecular weight is 407 g/mol. The number of urea groups is 1. The highest BCUT2D eigenvalue weighted by Crippen LogP contribution is 2.05. The SMILES string of the molecule is O=C(CCN1CCN(C/C=C/c2ccccc2)CC1)NC(=O)NCc1ccccc1. The number of benzene rings is 2. The molecule has 2 aromatic rings. The Kier molecular flexibility index (Phi) is 8.62. The summed E-state index contributed by atoms with van der Waals surface area (Å²) >= 11 is 0. The van der Waals surface area contributed by atoms with E-state index >= 15 is 0 Å². The van der Waals surface area contributed by atoms with Crippen molar-refractivity contribution in [1.82, 2.24) is 20.4 Å². The Morgan fingerprint density at radius 1 is 0.867 bits per heavy atom. The molecule has 0 saturated carbocycles. The van der Waals surface area contributed by atoms with E-state index < -0.39 is 6.03 Å². The molecule has 3 amide bonds. The third-order valence-electron chi connectivity index (χ3n) is 5.14. The van der Waals surface area contributed by atoms with Crippen LogP contribution < -0.4 is 10.6 Å². The maximum Gasteiger partial charge on any atom is 0.321 e. The minimum absolute atomic E-state index is 0.242. The van der Waals surface area contributed by atoms with Crippen LogP contribution in [0, 0.1) is 0 Å². The normalized spacial score (nSPS) is 15.2. The number of piperazine rings is 1. The zero-order valence-corrected chi connectivity index (χ0v) is 17.3. The minimum atomic E-state index is -0.445. The highest BCUT2D eigenvalue weighted by atomic mass is 16.2. The highest BCUT2D eigenvalue weighted by Gasteiger charge is 2.17. The summed E-state index contributed by atoms with van der Waals surface area (Å²) in [5, 5.41) is 5.11. The van der Waals surface area contributed by atoms with E-state index in [0.717, 1.165) is 38.3 Å². The number of carbonyl (C=O) groups is 2. The van der Waals surface area contributed by atoms with Gasteiger partial charge >= 0.3 is 6.03 Å².